The topological polar surface area (TPSA) is 117 Å². The minimum absolute atomic E-state index is 0.0813. The normalized spacial score (nSPS) is 22.7. The minimum Gasteiger partial charge on any atom is -0.409 e. The molecule has 5 N–H and O–H groups in total. The molecule has 0 aliphatic carbocycles. The molecule has 16 heavy (non-hydrogen) atoms. The van der Waals surface area contributed by atoms with Crippen molar-refractivity contribution in [3.05, 3.63) is 0 Å². The average Bonchev–Trinajstić information content (AvgIpc) is 2.64. The van der Waals surface area contributed by atoms with Crippen LogP contribution in [0.2, 0.25) is 0 Å². The number of rotatable bonds is 4. The van der Waals surface area contributed by atoms with Crippen molar-refractivity contribution in [3.8, 4) is 0 Å². The number of hydrogen-bond acceptors (Lipinski definition) is 4. The molecule has 0 radical (unpaired) electrons. The summed E-state index contributed by atoms with van der Waals surface area (Å²) in [6.45, 7) is 2.19. The molecule has 1 rings (SSSR count). The highest BCUT2D eigenvalue weighted by molar-refractivity contribution is 6.02. The average molecular weight is 228 g/mol. The van der Waals surface area contributed by atoms with Gasteiger partial charge in [-0.2, -0.15) is 0 Å². The van der Waals surface area contributed by atoms with Crippen LogP contribution in [0.15, 0.2) is 5.16 Å². The summed E-state index contributed by atoms with van der Waals surface area (Å²) in [5, 5.41) is 16.6. The fourth-order valence-electron chi connectivity index (χ4n) is 1.61. The van der Waals surface area contributed by atoms with Gasteiger partial charge >= 0.3 is 0 Å². The molecule has 0 aromatic heterocycles. The lowest BCUT2D eigenvalue weighted by Gasteiger charge is -2.16. The Morgan fingerprint density at radius 3 is 2.94 bits per heavy atom. The van der Waals surface area contributed by atoms with E-state index in [1.54, 1.807) is 6.92 Å². The van der Waals surface area contributed by atoms with Gasteiger partial charge in [0.25, 0.3) is 0 Å². The molecule has 0 aromatic rings. The third-order valence-corrected chi connectivity index (χ3v) is 2.52. The molecule has 2 amide bonds. The zero-order valence-electron chi connectivity index (χ0n) is 9.06. The number of oxime groups is 1. The van der Waals surface area contributed by atoms with E-state index < -0.39 is 5.92 Å². The monoisotopic (exact) mass is 228 g/mol. The Kier molecular flexibility index (Phi) is 4.10. The standard InChI is InChI=1S/C9H16N4O3/c1-2-6(8(10)13-16)9(15)12-5-3-7(14)11-4-5/h5-6,16H,2-4H2,1H3,(H2,10,13)(H,11,14)(H,12,15). The van der Waals surface area contributed by atoms with Crippen LogP contribution in [0.25, 0.3) is 0 Å². The summed E-state index contributed by atoms with van der Waals surface area (Å²) in [5.74, 6) is -1.17. The first kappa shape index (κ1) is 12.3. The van der Waals surface area contributed by atoms with Crippen molar-refractivity contribution in [1.29, 1.82) is 0 Å². The number of amides is 2. The van der Waals surface area contributed by atoms with Crippen LogP contribution in [0.5, 0.6) is 0 Å². The number of carbonyl (C=O) groups excluding carboxylic acids is 2. The Morgan fingerprint density at radius 2 is 2.50 bits per heavy atom. The maximum absolute atomic E-state index is 11.7. The third kappa shape index (κ3) is 2.85. The fourth-order valence-corrected chi connectivity index (χ4v) is 1.61. The van der Waals surface area contributed by atoms with E-state index in [2.05, 4.69) is 15.8 Å². The van der Waals surface area contributed by atoms with Crippen molar-refractivity contribution in [2.24, 2.45) is 16.8 Å². The van der Waals surface area contributed by atoms with E-state index in [0.29, 0.717) is 13.0 Å². The van der Waals surface area contributed by atoms with Gasteiger partial charge in [0.2, 0.25) is 11.8 Å². The predicted molar refractivity (Wildman–Crippen MR) is 56.7 cm³/mol. The van der Waals surface area contributed by atoms with E-state index >= 15 is 0 Å². The van der Waals surface area contributed by atoms with Crippen molar-refractivity contribution in [2.45, 2.75) is 25.8 Å². The van der Waals surface area contributed by atoms with Crippen LogP contribution in [0, 0.1) is 5.92 Å². The van der Waals surface area contributed by atoms with Crippen molar-refractivity contribution in [2.75, 3.05) is 6.54 Å². The molecule has 1 aliphatic rings. The highest BCUT2D eigenvalue weighted by Crippen LogP contribution is 2.06. The maximum atomic E-state index is 11.7. The van der Waals surface area contributed by atoms with Crippen molar-refractivity contribution >= 4 is 17.6 Å². The Bertz CT molecular complexity index is 316. The summed E-state index contributed by atoms with van der Waals surface area (Å²) in [5.41, 5.74) is 5.39. The molecule has 1 saturated heterocycles. The van der Waals surface area contributed by atoms with Crippen LogP contribution < -0.4 is 16.4 Å². The summed E-state index contributed by atoms with van der Waals surface area (Å²) in [7, 11) is 0. The zero-order chi connectivity index (χ0) is 12.1. The smallest absolute Gasteiger partial charge is 0.231 e. The van der Waals surface area contributed by atoms with Gasteiger partial charge in [-0.25, -0.2) is 0 Å². The Hall–Kier alpha value is -1.79. The first-order chi connectivity index (χ1) is 7.58. The second-order valence-electron chi connectivity index (χ2n) is 3.70. The first-order valence-corrected chi connectivity index (χ1v) is 5.13. The fraction of sp³-hybridized carbons (Fsp3) is 0.667. The van der Waals surface area contributed by atoms with Gasteiger partial charge in [0.05, 0.1) is 12.0 Å². The summed E-state index contributed by atoms with van der Waals surface area (Å²) in [6.07, 6.45) is 0.716. The van der Waals surface area contributed by atoms with Crippen molar-refractivity contribution in [3.63, 3.8) is 0 Å². The molecular formula is C9H16N4O3. The second kappa shape index (κ2) is 5.34. The number of carbonyl (C=O) groups is 2. The number of nitrogens with zero attached hydrogens (tertiary/aromatic N) is 1. The molecule has 0 spiro atoms. The summed E-state index contributed by atoms with van der Waals surface area (Å²) >= 11 is 0. The van der Waals surface area contributed by atoms with Crippen LogP contribution in [0.3, 0.4) is 0 Å². The quantitative estimate of drug-likeness (QED) is 0.208. The van der Waals surface area contributed by atoms with Crippen LogP contribution >= 0.6 is 0 Å². The van der Waals surface area contributed by atoms with Gasteiger partial charge in [0, 0.05) is 13.0 Å². The third-order valence-electron chi connectivity index (χ3n) is 2.52. The highest BCUT2D eigenvalue weighted by atomic mass is 16.4. The zero-order valence-corrected chi connectivity index (χ0v) is 9.06. The van der Waals surface area contributed by atoms with Gasteiger partial charge in [-0.1, -0.05) is 12.1 Å². The van der Waals surface area contributed by atoms with Gasteiger partial charge in [0.1, 0.15) is 0 Å². The lowest BCUT2D eigenvalue weighted by atomic mass is 10.0. The highest BCUT2D eigenvalue weighted by Gasteiger charge is 2.27. The van der Waals surface area contributed by atoms with Gasteiger partial charge < -0.3 is 21.6 Å². The van der Waals surface area contributed by atoms with E-state index in [1.165, 1.54) is 0 Å². The Morgan fingerprint density at radius 1 is 1.81 bits per heavy atom. The number of hydrogen-bond donors (Lipinski definition) is 4. The maximum Gasteiger partial charge on any atom is 0.231 e. The number of nitrogens with one attached hydrogen (secondary N) is 2. The second-order valence-corrected chi connectivity index (χ2v) is 3.70. The summed E-state index contributed by atoms with van der Waals surface area (Å²) in [4.78, 5) is 22.6. The Labute approximate surface area is 93.1 Å². The molecule has 7 heteroatoms. The first-order valence-electron chi connectivity index (χ1n) is 5.13. The van der Waals surface area contributed by atoms with Crippen molar-refractivity contribution < 1.29 is 14.8 Å². The minimum atomic E-state index is -0.652. The SMILES string of the molecule is CCC(C(=O)NC1CNC(=O)C1)C(N)=NO. The van der Waals surface area contributed by atoms with Gasteiger partial charge in [-0.3, -0.25) is 9.59 Å². The summed E-state index contributed by atoms with van der Waals surface area (Å²) < 4.78 is 0. The number of amidine groups is 1. The van der Waals surface area contributed by atoms with E-state index in [0.717, 1.165) is 0 Å². The molecule has 2 atom stereocenters. The molecule has 7 nitrogen and oxygen atoms in total. The summed E-state index contributed by atoms with van der Waals surface area (Å²) in [6, 6.07) is -0.208. The molecule has 2 unspecified atom stereocenters. The molecule has 0 aromatic carbocycles. The molecular weight excluding hydrogens is 212 g/mol. The number of nitrogens with two attached hydrogens (primary N) is 1. The van der Waals surface area contributed by atoms with Gasteiger partial charge in [-0.15, -0.1) is 0 Å². The van der Waals surface area contributed by atoms with Gasteiger partial charge in [0.15, 0.2) is 5.84 Å². The van der Waals surface area contributed by atoms with E-state index in [-0.39, 0.29) is 30.1 Å². The molecule has 90 valence electrons. The van der Waals surface area contributed by atoms with E-state index in [1.807, 2.05) is 0 Å². The van der Waals surface area contributed by atoms with Gasteiger partial charge in [-0.05, 0) is 6.42 Å². The van der Waals surface area contributed by atoms with Crippen molar-refractivity contribution in [1.82, 2.24) is 10.6 Å². The van der Waals surface area contributed by atoms with E-state index in [9.17, 15) is 9.59 Å². The molecule has 0 bridgehead atoms. The molecule has 1 aliphatic heterocycles. The van der Waals surface area contributed by atoms with Crippen LogP contribution in [0.1, 0.15) is 19.8 Å². The Balaban J connectivity index is 2.53. The lowest BCUT2D eigenvalue weighted by molar-refractivity contribution is -0.123. The van der Waals surface area contributed by atoms with E-state index in [4.69, 9.17) is 10.9 Å². The van der Waals surface area contributed by atoms with Crippen LogP contribution in [0.4, 0.5) is 0 Å². The largest absolute Gasteiger partial charge is 0.409 e. The van der Waals surface area contributed by atoms with Crippen LogP contribution in [-0.2, 0) is 9.59 Å². The predicted octanol–water partition coefficient (Wildman–Crippen LogP) is -1.24. The molecule has 0 saturated carbocycles. The molecule has 1 fully saturated rings. The lowest BCUT2D eigenvalue weighted by Crippen LogP contribution is -2.44. The van der Waals surface area contributed by atoms with Crippen LogP contribution in [-0.4, -0.2) is 35.4 Å². The molecule has 1 heterocycles.